The average molecular weight is 474 g/mol. The molecule has 1 saturated heterocycles. The van der Waals surface area contributed by atoms with Gasteiger partial charge in [0, 0.05) is 42.7 Å². The van der Waals surface area contributed by atoms with Gasteiger partial charge in [0.05, 0.1) is 5.69 Å². The Labute approximate surface area is 209 Å². The Morgan fingerprint density at radius 3 is 2.31 bits per heavy atom. The second-order valence-electron chi connectivity index (χ2n) is 10.9. The van der Waals surface area contributed by atoms with Crippen molar-refractivity contribution in [1.29, 1.82) is 0 Å². The lowest BCUT2D eigenvalue weighted by atomic mass is 9.62. The largest absolute Gasteiger partial charge is 0.384 e. The Hall–Kier alpha value is -2.60. The molecule has 2 aromatic heterocycles. The molecule has 186 valence electrons. The Kier molecular flexibility index (Phi) is 7.14. The van der Waals surface area contributed by atoms with E-state index in [1.807, 2.05) is 31.3 Å². The van der Waals surface area contributed by atoms with Gasteiger partial charge < -0.3 is 15.1 Å². The van der Waals surface area contributed by atoms with E-state index in [4.69, 9.17) is 0 Å². The molecule has 2 N–H and O–H groups in total. The zero-order chi connectivity index (χ0) is 25.3. The minimum absolute atomic E-state index is 0.334. The van der Waals surface area contributed by atoms with Gasteiger partial charge in [0.25, 0.3) is 0 Å². The number of pyridine rings is 2. The van der Waals surface area contributed by atoms with Crippen LogP contribution in [0.4, 0.5) is 0 Å². The lowest BCUT2D eigenvalue weighted by Crippen LogP contribution is -2.63. The smallest absolute Gasteiger partial charge is 0.124 e. The second kappa shape index (κ2) is 9.81. The van der Waals surface area contributed by atoms with Crippen molar-refractivity contribution in [2.75, 3.05) is 20.1 Å². The molecule has 1 aromatic carbocycles. The quantitative estimate of drug-likeness (QED) is 0.457. The molecule has 3 heterocycles. The zero-order valence-corrected chi connectivity index (χ0v) is 21.7. The van der Waals surface area contributed by atoms with E-state index in [0.717, 1.165) is 29.8 Å². The molecule has 1 aliphatic rings. The number of hydrogen-bond acceptors (Lipinski definition) is 5. The van der Waals surface area contributed by atoms with E-state index in [1.54, 1.807) is 12.4 Å². The van der Waals surface area contributed by atoms with Crippen LogP contribution >= 0.6 is 0 Å². The molecule has 2 atom stereocenters. The lowest BCUT2D eigenvalue weighted by Gasteiger charge is -2.56. The van der Waals surface area contributed by atoms with Crippen molar-refractivity contribution in [1.82, 2.24) is 14.9 Å². The minimum atomic E-state index is -1.17. The fraction of sp³-hybridized carbons (Fsp3) is 0.467. The van der Waals surface area contributed by atoms with Gasteiger partial charge >= 0.3 is 0 Å². The van der Waals surface area contributed by atoms with Crippen LogP contribution in [0.25, 0.3) is 0 Å². The molecule has 0 saturated carbocycles. The van der Waals surface area contributed by atoms with Crippen LogP contribution in [0.1, 0.15) is 74.4 Å². The highest BCUT2D eigenvalue weighted by Crippen LogP contribution is 2.50. The highest BCUT2D eigenvalue weighted by molar-refractivity contribution is 5.42. The molecule has 3 aromatic rings. The third kappa shape index (κ3) is 4.77. The van der Waals surface area contributed by atoms with E-state index in [9.17, 15) is 10.2 Å². The van der Waals surface area contributed by atoms with Crippen molar-refractivity contribution < 1.29 is 10.2 Å². The fourth-order valence-electron chi connectivity index (χ4n) is 5.64. The Balaban J connectivity index is 1.67. The predicted octanol–water partition coefficient (Wildman–Crippen LogP) is 5.02. The number of aromatic nitrogens is 2. The average Bonchev–Trinajstić information content (AvgIpc) is 2.86. The summed E-state index contributed by atoms with van der Waals surface area (Å²) in [6, 6.07) is 16.1. The minimum Gasteiger partial charge on any atom is -0.384 e. The SMILES string of the molecule is CCC(O)(CCc1cncc(C(O)(c2ccc(C(C)C)cc2)C2(C)CN(C)C2)c1)c1ccccn1. The molecule has 0 aliphatic carbocycles. The van der Waals surface area contributed by atoms with Crippen molar-refractivity contribution in [3.8, 4) is 0 Å². The summed E-state index contributed by atoms with van der Waals surface area (Å²) in [6.07, 6.45) is 7.12. The van der Waals surface area contributed by atoms with Crippen LogP contribution < -0.4 is 0 Å². The van der Waals surface area contributed by atoms with Crippen LogP contribution in [0, 0.1) is 5.41 Å². The molecule has 2 unspecified atom stereocenters. The summed E-state index contributed by atoms with van der Waals surface area (Å²) in [5, 5.41) is 23.7. The maximum absolute atomic E-state index is 12.4. The topological polar surface area (TPSA) is 69.5 Å². The molecule has 5 nitrogen and oxygen atoms in total. The summed E-state index contributed by atoms with van der Waals surface area (Å²) in [7, 11) is 2.09. The van der Waals surface area contributed by atoms with E-state index in [2.05, 4.69) is 73.0 Å². The number of likely N-dealkylation sites (tertiary alicyclic amines) is 1. The molecule has 0 bridgehead atoms. The van der Waals surface area contributed by atoms with Gasteiger partial charge in [0.2, 0.25) is 0 Å². The van der Waals surface area contributed by atoms with Gasteiger partial charge in [-0.1, -0.05) is 58.0 Å². The monoisotopic (exact) mass is 473 g/mol. The van der Waals surface area contributed by atoms with Crippen molar-refractivity contribution >= 4 is 0 Å². The summed E-state index contributed by atoms with van der Waals surface area (Å²) < 4.78 is 0. The Morgan fingerprint density at radius 2 is 1.74 bits per heavy atom. The van der Waals surface area contributed by atoms with Crippen LogP contribution in [-0.4, -0.2) is 45.2 Å². The van der Waals surface area contributed by atoms with Crippen molar-refractivity contribution in [3.05, 3.63) is 95.1 Å². The summed E-state index contributed by atoms with van der Waals surface area (Å²) in [5.41, 5.74) is 2.16. The summed E-state index contributed by atoms with van der Waals surface area (Å²) in [5.74, 6) is 0.434. The van der Waals surface area contributed by atoms with Gasteiger partial charge in [0.1, 0.15) is 11.2 Å². The van der Waals surface area contributed by atoms with Crippen LogP contribution in [0.3, 0.4) is 0 Å². The fourth-order valence-corrected chi connectivity index (χ4v) is 5.64. The maximum Gasteiger partial charge on any atom is 0.124 e. The first-order valence-corrected chi connectivity index (χ1v) is 12.7. The lowest BCUT2D eigenvalue weighted by molar-refractivity contribution is -0.127. The first-order valence-electron chi connectivity index (χ1n) is 12.7. The normalized spacial score (nSPS) is 19.1. The highest BCUT2D eigenvalue weighted by Gasteiger charge is 2.55. The third-order valence-electron chi connectivity index (χ3n) is 7.87. The molecule has 4 rings (SSSR count). The van der Waals surface area contributed by atoms with Gasteiger partial charge in [-0.3, -0.25) is 9.97 Å². The van der Waals surface area contributed by atoms with Gasteiger partial charge in [-0.05, 0) is 67.1 Å². The van der Waals surface area contributed by atoms with Gasteiger partial charge in [0.15, 0.2) is 0 Å². The van der Waals surface area contributed by atoms with E-state index >= 15 is 0 Å². The molecule has 0 radical (unpaired) electrons. The molecule has 1 aliphatic heterocycles. The highest BCUT2D eigenvalue weighted by atomic mass is 16.3. The second-order valence-corrected chi connectivity index (χ2v) is 10.9. The standard InChI is InChI=1S/C30H39N3O2/c1-6-29(34,27-9-7-8-16-32-27)15-14-23-17-26(19-31-18-23)30(35,28(4)20-33(5)21-28)25-12-10-24(11-13-25)22(2)3/h7-13,16-19,22,34-35H,6,14-15,20-21H2,1-5H3. The molecule has 35 heavy (non-hydrogen) atoms. The van der Waals surface area contributed by atoms with Gasteiger partial charge in [-0.2, -0.15) is 0 Å². The Morgan fingerprint density at radius 1 is 1.03 bits per heavy atom. The zero-order valence-electron chi connectivity index (χ0n) is 21.7. The predicted molar refractivity (Wildman–Crippen MR) is 140 cm³/mol. The van der Waals surface area contributed by atoms with E-state index in [0.29, 0.717) is 30.9 Å². The van der Waals surface area contributed by atoms with Crippen molar-refractivity contribution in [2.24, 2.45) is 5.41 Å². The van der Waals surface area contributed by atoms with E-state index in [-0.39, 0.29) is 5.41 Å². The number of hydrogen-bond donors (Lipinski definition) is 2. The number of rotatable bonds is 9. The molecular formula is C30H39N3O2. The van der Waals surface area contributed by atoms with E-state index < -0.39 is 11.2 Å². The molecular weight excluding hydrogens is 434 g/mol. The molecule has 0 spiro atoms. The number of aliphatic hydroxyl groups is 2. The van der Waals surface area contributed by atoms with E-state index in [1.165, 1.54) is 5.56 Å². The van der Waals surface area contributed by atoms with Gasteiger partial charge in [-0.15, -0.1) is 0 Å². The number of aryl methyl sites for hydroxylation is 1. The number of nitrogens with zero attached hydrogens (tertiary/aromatic N) is 3. The first kappa shape index (κ1) is 25.5. The van der Waals surface area contributed by atoms with Crippen LogP contribution in [0.15, 0.2) is 67.1 Å². The number of benzene rings is 1. The third-order valence-corrected chi connectivity index (χ3v) is 7.87. The first-order chi connectivity index (χ1) is 16.6. The van der Waals surface area contributed by atoms with Crippen molar-refractivity contribution in [2.45, 2.75) is 64.1 Å². The molecule has 0 amide bonds. The maximum atomic E-state index is 12.4. The summed E-state index contributed by atoms with van der Waals surface area (Å²) >= 11 is 0. The van der Waals surface area contributed by atoms with Crippen LogP contribution in [-0.2, 0) is 17.6 Å². The Bertz CT molecular complexity index is 1130. The summed E-state index contributed by atoms with van der Waals surface area (Å²) in [6.45, 7) is 10.1. The molecule has 1 fully saturated rings. The van der Waals surface area contributed by atoms with Gasteiger partial charge in [-0.25, -0.2) is 0 Å². The van der Waals surface area contributed by atoms with Crippen LogP contribution in [0.2, 0.25) is 0 Å². The van der Waals surface area contributed by atoms with Crippen LogP contribution in [0.5, 0.6) is 0 Å². The van der Waals surface area contributed by atoms with Crippen molar-refractivity contribution in [3.63, 3.8) is 0 Å². The summed E-state index contributed by atoms with van der Waals surface area (Å²) in [4.78, 5) is 11.2. The molecule has 5 heteroatoms.